The highest BCUT2D eigenvalue weighted by Gasteiger charge is 2.02. The Morgan fingerprint density at radius 1 is 1.50 bits per heavy atom. The lowest BCUT2D eigenvalue weighted by atomic mass is 10.3. The van der Waals surface area contributed by atoms with Gasteiger partial charge in [0.25, 0.3) is 0 Å². The molecule has 0 saturated carbocycles. The Morgan fingerprint density at radius 3 is 3.00 bits per heavy atom. The van der Waals surface area contributed by atoms with Crippen molar-refractivity contribution < 1.29 is 4.79 Å². The number of carbonyl (C=O) groups excluding carboxylic acids is 1. The van der Waals surface area contributed by atoms with Gasteiger partial charge in [0.2, 0.25) is 5.91 Å². The van der Waals surface area contributed by atoms with E-state index in [2.05, 4.69) is 21.2 Å². The molecular formula is C10H14BrNOS. The normalized spacial score (nSPS) is 10.1. The molecule has 1 aromatic heterocycles. The molecule has 1 rings (SSSR count). The number of halogens is 1. The van der Waals surface area contributed by atoms with Crippen LogP contribution in [-0.2, 0) is 11.2 Å². The van der Waals surface area contributed by atoms with Crippen molar-refractivity contribution in [3.8, 4) is 0 Å². The van der Waals surface area contributed by atoms with Gasteiger partial charge < -0.3 is 5.32 Å². The number of hydrogen-bond acceptors (Lipinski definition) is 2. The number of alkyl halides is 1. The molecule has 0 radical (unpaired) electrons. The minimum Gasteiger partial charge on any atom is -0.356 e. The van der Waals surface area contributed by atoms with Crippen molar-refractivity contribution in [3.05, 3.63) is 22.4 Å². The smallest absolute Gasteiger partial charge is 0.225 e. The maximum absolute atomic E-state index is 11.4. The maximum atomic E-state index is 11.4. The van der Waals surface area contributed by atoms with Gasteiger partial charge in [0.15, 0.2) is 0 Å². The summed E-state index contributed by atoms with van der Waals surface area (Å²) < 4.78 is 0. The van der Waals surface area contributed by atoms with Crippen LogP contribution < -0.4 is 5.32 Å². The first-order chi connectivity index (χ1) is 6.83. The van der Waals surface area contributed by atoms with E-state index in [4.69, 9.17) is 0 Å². The Kier molecular flexibility index (Phi) is 5.87. The van der Waals surface area contributed by atoms with E-state index in [1.54, 1.807) is 11.3 Å². The molecule has 1 amide bonds. The number of unbranched alkanes of at least 4 members (excludes halogenated alkanes) is 1. The summed E-state index contributed by atoms with van der Waals surface area (Å²) in [6.07, 6.45) is 2.67. The van der Waals surface area contributed by atoms with Crippen molar-refractivity contribution in [1.82, 2.24) is 5.32 Å². The van der Waals surface area contributed by atoms with Gasteiger partial charge in [-0.15, -0.1) is 11.3 Å². The van der Waals surface area contributed by atoms with Crippen LogP contribution in [0.15, 0.2) is 17.5 Å². The number of thiophene rings is 1. The largest absolute Gasteiger partial charge is 0.356 e. The minimum atomic E-state index is 0.127. The third kappa shape index (κ3) is 4.77. The molecule has 0 bridgehead atoms. The number of carbonyl (C=O) groups is 1. The number of nitrogens with one attached hydrogen (secondary N) is 1. The summed E-state index contributed by atoms with van der Waals surface area (Å²) in [6.45, 7) is 0.788. The van der Waals surface area contributed by atoms with Gasteiger partial charge >= 0.3 is 0 Å². The van der Waals surface area contributed by atoms with Gasteiger partial charge in [-0.3, -0.25) is 4.79 Å². The Hall–Kier alpha value is -0.350. The van der Waals surface area contributed by atoms with Crippen molar-refractivity contribution in [2.45, 2.75) is 19.3 Å². The van der Waals surface area contributed by atoms with Crippen molar-refractivity contribution in [2.24, 2.45) is 0 Å². The number of rotatable bonds is 6. The zero-order valence-electron chi connectivity index (χ0n) is 7.96. The summed E-state index contributed by atoms with van der Waals surface area (Å²) in [5, 5.41) is 5.90. The zero-order valence-corrected chi connectivity index (χ0v) is 10.4. The molecule has 0 fully saturated rings. The van der Waals surface area contributed by atoms with Crippen LogP contribution in [0.2, 0.25) is 0 Å². The Balaban J connectivity index is 2.11. The van der Waals surface area contributed by atoms with Crippen molar-refractivity contribution in [3.63, 3.8) is 0 Å². The molecule has 0 aromatic carbocycles. The molecule has 1 heterocycles. The Labute approximate surface area is 96.8 Å². The molecule has 0 aliphatic heterocycles. The van der Waals surface area contributed by atoms with Crippen LogP contribution in [0, 0.1) is 0 Å². The van der Waals surface area contributed by atoms with E-state index in [-0.39, 0.29) is 5.91 Å². The summed E-state index contributed by atoms with van der Waals surface area (Å²) in [4.78, 5) is 12.5. The third-order valence-corrected chi connectivity index (χ3v) is 3.23. The fourth-order valence-electron chi connectivity index (χ4n) is 1.08. The van der Waals surface area contributed by atoms with Gasteiger partial charge in [-0.2, -0.15) is 0 Å². The molecule has 1 N–H and O–H groups in total. The fourth-order valence-corrected chi connectivity index (χ4v) is 2.18. The average molecular weight is 276 g/mol. The number of amides is 1. The highest BCUT2D eigenvalue weighted by Crippen LogP contribution is 2.08. The van der Waals surface area contributed by atoms with E-state index in [0.717, 1.165) is 29.6 Å². The van der Waals surface area contributed by atoms with Crippen LogP contribution in [0.1, 0.15) is 17.7 Å². The quantitative estimate of drug-likeness (QED) is 0.628. The molecule has 0 aliphatic rings. The zero-order chi connectivity index (χ0) is 10.2. The van der Waals surface area contributed by atoms with Gasteiger partial charge in [-0.05, 0) is 24.3 Å². The molecule has 0 atom stereocenters. The van der Waals surface area contributed by atoms with Crippen molar-refractivity contribution >= 4 is 33.2 Å². The van der Waals surface area contributed by atoms with Crippen LogP contribution in [0.3, 0.4) is 0 Å². The van der Waals surface area contributed by atoms with Gasteiger partial charge in [0.1, 0.15) is 0 Å². The molecule has 78 valence electrons. The SMILES string of the molecule is O=C(Cc1cccs1)NCCCCBr. The van der Waals surface area contributed by atoms with E-state index in [0.29, 0.717) is 6.42 Å². The monoisotopic (exact) mass is 275 g/mol. The second kappa shape index (κ2) is 7.01. The molecule has 0 unspecified atom stereocenters. The first-order valence-corrected chi connectivity index (χ1v) is 6.68. The van der Waals surface area contributed by atoms with Crippen LogP contribution in [0.5, 0.6) is 0 Å². The first kappa shape index (κ1) is 11.7. The lowest BCUT2D eigenvalue weighted by Crippen LogP contribution is -2.25. The van der Waals surface area contributed by atoms with Crippen LogP contribution >= 0.6 is 27.3 Å². The van der Waals surface area contributed by atoms with E-state index < -0.39 is 0 Å². The number of hydrogen-bond donors (Lipinski definition) is 1. The van der Waals surface area contributed by atoms with Crippen LogP contribution in [0.4, 0.5) is 0 Å². The van der Waals surface area contributed by atoms with E-state index in [9.17, 15) is 4.79 Å². The highest BCUT2D eigenvalue weighted by atomic mass is 79.9. The second-order valence-electron chi connectivity index (χ2n) is 3.00. The molecule has 4 heteroatoms. The van der Waals surface area contributed by atoms with Gasteiger partial charge in [-0.1, -0.05) is 22.0 Å². The Morgan fingerprint density at radius 2 is 2.36 bits per heavy atom. The maximum Gasteiger partial charge on any atom is 0.225 e. The highest BCUT2D eigenvalue weighted by molar-refractivity contribution is 9.09. The third-order valence-electron chi connectivity index (χ3n) is 1.80. The standard InChI is InChI=1S/C10H14BrNOS/c11-5-1-2-6-12-10(13)8-9-4-3-7-14-9/h3-4,7H,1-2,5-6,8H2,(H,12,13). The van der Waals surface area contributed by atoms with Crippen LogP contribution in [0.25, 0.3) is 0 Å². The second-order valence-corrected chi connectivity index (χ2v) is 4.83. The van der Waals surface area contributed by atoms with Gasteiger partial charge in [0.05, 0.1) is 6.42 Å². The molecule has 0 aliphatic carbocycles. The predicted octanol–water partition coefficient (Wildman–Crippen LogP) is 2.58. The molecule has 0 spiro atoms. The minimum absolute atomic E-state index is 0.127. The fraction of sp³-hybridized carbons (Fsp3) is 0.500. The first-order valence-electron chi connectivity index (χ1n) is 4.68. The summed E-state index contributed by atoms with van der Waals surface area (Å²) in [5.74, 6) is 0.127. The topological polar surface area (TPSA) is 29.1 Å². The molecular weight excluding hydrogens is 262 g/mol. The van der Waals surface area contributed by atoms with E-state index >= 15 is 0 Å². The van der Waals surface area contributed by atoms with Gasteiger partial charge in [0, 0.05) is 16.8 Å². The molecule has 14 heavy (non-hydrogen) atoms. The molecule has 0 saturated heterocycles. The molecule has 1 aromatic rings. The lowest BCUT2D eigenvalue weighted by molar-refractivity contribution is -0.120. The summed E-state index contributed by atoms with van der Waals surface area (Å²) in [7, 11) is 0. The van der Waals surface area contributed by atoms with Crippen molar-refractivity contribution in [1.29, 1.82) is 0 Å². The summed E-state index contributed by atoms with van der Waals surface area (Å²) >= 11 is 4.98. The summed E-state index contributed by atoms with van der Waals surface area (Å²) in [6, 6.07) is 3.96. The van der Waals surface area contributed by atoms with E-state index in [1.165, 1.54) is 0 Å². The van der Waals surface area contributed by atoms with Crippen LogP contribution in [-0.4, -0.2) is 17.8 Å². The van der Waals surface area contributed by atoms with E-state index in [1.807, 2.05) is 17.5 Å². The summed E-state index contributed by atoms with van der Waals surface area (Å²) in [5.41, 5.74) is 0. The lowest BCUT2D eigenvalue weighted by Gasteiger charge is -2.02. The predicted molar refractivity (Wildman–Crippen MR) is 64.1 cm³/mol. The Bertz CT molecular complexity index is 261. The average Bonchev–Trinajstić information content (AvgIpc) is 2.65. The van der Waals surface area contributed by atoms with Gasteiger partial charge in [-0.25, -0.2) is 0 Å². The molecule has 2 nitrogen and oxygen atoms in total. The van der Waals surface area contributed by atoms with Crippen molar-refractivity contribution in [2.75, 3.05) is 11.9 Å².